The molecular weight excluding hydrogens is 433 g/mol. The summed E-state index contributed by atoms with van der Waals surface area (Å²) in [6.45, 7) is 6.30. The number of oxazole rings is 1. The van der Waals surface area contributed by atoms with Crippen molar-refractivity contribution in [3.8, 4) is 0 Å². The van der Waals surface area contributed by atoms with E-state index >= 15 is 0 Å². The third kappa shape index (κ3) is 3.71. The fourth-order valence-electron chi connectivity index (χ4n) is 4.42. The third-order valence-electron chi connectivity index (χ3n) is 6.30. The van der Waals surface area contributed by atoms with Crippen molar-refractivity contribution in [1.29, 1.82) is 0 Å². The van der Waals surface area contributed by atoms with Crippen molar-refractivity contribution in [2.24, 2.45) is 0 Å². The van der Waals surface area contributed by atoms with Crippen LogP contribution in [0.4, 0.5) is 15.9 Å². The van der Waals surface area contributed by atoms with Crippen molar-refractivity contribution in [1.82, 2.24) is 19.9 Å². The van der Waals surface area contributed by atoms with E-state index in [0.717, 1.165) is 36.5 Å². The molecule has 0 spiro atoms. The molecule has 32 heavy (non-hydrogen) atoms. The van der Waals surface area contributed by atoms with Crippen LogP contribution in [0.3, 0.4) is 0 Å². The minimum absolute atomic E-state index is 0.0126. The normalized spacial score (nSPS) is 22.2. The Kier molecular flexibility index (Phi) is 4.90. The molecule has 1 aromatic carbocycles. The number of fused-ring (bicyclic) bond motifs is 1. The van der Waals surface area contributed by atoms with Gasteiger partial charge in [-0.2, -0.15) is 5.10 Å². The van der Waals surface area contributed by atoms with Gasteiger partial charge in [0.1, 0.15) is 6.26 Å². The molecule has 1 saturated carbocycles. The number of nitrogens with one attached hydrogen (secondary N) is 3. The van der Waals surface area contributed by atoms with Gasteiger partial charge in [-0.05, 0) is 31.4 Å². The molecule has 170 valence electrons. The van der Waals surface area contributed by atoms with E-state index in [4.69, 9.17) is 9.40 Å². The number of halogens is 1. The van der Waals surface area contributed by atoms with Gasteiger partial charge in [-0.15, -0.1) is 0 Å². The molecule has 0 amide bonds. The molecule has 2 aliphatic rings. The second-order valence-corrected chi connectivity index (χ2v) is 11.3. The number of aromatic amines is 1. The second kappa shape index (κ2) is 7.41. The van der Waals surface area contributed by atoms with Crippen LogP contribution in [0.15, 0.2) is 33.8 Å². The lowest BCUT2D eigenvalue weighted by Gasteiger charge is -2.13. The Labute approximate surface area is 186 Å². The molecule has 1 fully saturated rings. The van der Waals surface area contributed by atoms with Gasteiger partial charge < -0.3 is 9.73 Å². The van der Waals surface area contributed by atoms with Gasteiger partial charge in [-0.3, -0.25) is 5.10 Å². The van der Waals surface area contributed by atoms with Crippen molar-refractivity contribution in [2.45, 2.75) is 68.7 Å². The molecule has 0 radical (unpaired) electrons. The average molecular weight is 460 g/mol. The number of anilines is 2. The van der Waals surface area contributed by atoms with Crippen LogP contribution in [0.25, 0.3) is 0 Å². The quantitative estimate of drug-likeness (QED) is 0.532. The number of benzene rings is 1. The number of hydrogen-bond acceptors (Lipinski definition) is 6. The summed E-state index contributed by atoms with van der Waals surface area (Å²) in [5.74, 6) is 1.24. The van der Waals surface area contributed by atoms with Crippen LogP contribution in [-0.4, -0.2) is 23.6 Å². The molecule has 3 heterocycles. The first kappa shape index (κ1) is 21.1. The number of rotatable bonds is 4. The van der Waals surface area contributed by atoms with Crippen LogP contribution in [0.1, 0.15) is 74.7 Å². The van der Waals surface area contributed by atoms with Crippen molar-refractivity contribution in [3.63, 3.8) is 0 Å². The Morgan fingerprint density at radius 2 is 2.00 bits per heavy atom. The Morgan fingerprint density at radius 1 is 1.22 bits per heavy atom. The van der Waals surface area contributed by atoms with Gasteiger partial charge in [0.25, 0.3) is 0 Å². The van der Waals surface area contributed by atoms with E-state index in [0.29, 0.717) is 5.82 Å². The maximum absolute atomic E-state index is 14.8. The lowest BCUT2D eigenvalue weighted by atomic mass is 9.93. The predicted octanol–water partition coefficient (Wildman–Crippen LogP) is 4.42. The first-order valence-corrected chi connectivity index (χ1v) is 12.2. The summed E-state index contributed by atoms with van der Waals surface area (Å²) in [5, 5.41) is 10.3. The fourth-order valence-corrected chi connectivity index (χ4v) is 5.64. The largest absolute Gasteiger partial charge is 0.448 e. The number of aromatic nitrogens is 3. The Balaban J connectivity index is 1.29. The van der Waals surface area contributed by atoms with E-state index in [-0.39, 0.29) is 39.9 Å². The molecule has 0 bridgehead atoms. The van der Waals surface area contributed by atoms with Crippen LogP contribution in [-0.2, 0) is 22.0 Å². The molecule has 8 nitrogen and oxygen atoms in total. The Hall–Kier alpha value is -2.72. The predicted molar refractivity (Wildman–Crippen MR) is 117 cm³/mol. The molecule has 0 saturated heterocycles. The first-order valence-electron chi connectivity index (χ1n) is 10.7. The molecule has 2 aromatic heterocycles. The van der Waals surface area contributed by atoms with Crippen LogP contribution in [0.2, 0.25) is 0 Å². The van der Waals surface area contributed by atoms with E-state index in [9.17, 15) is 12.8 Å². The summed E-state index contributed by atoms with van der Waals surface area (Å²) < 4.78 is 46.7. The molecule has 5 rings (SSSR count). The molecular formula is C22H26FN5O3S. The van der Waals surface area contributed by atoms with E-state index in [1.807, 2.05) is 6.07 Å². The highest BCUT2D eigenvalue weighted by Gasteiger charge is 2.33. The molecule has 3 aromatic rings. The van der Waals surface area contributed by atoms with E-state index < -0.39 is 15.8 Å². The van der Waals surface area contributed by atoms with Crippen molar-refractivity contribution >= 4 is 21.5 Å². The summed E-state index contributed by atoms with van der Waals surface area (Å²) in [5.41, 5.74) is 2.23. The van der Waals surface area contributed by atoms with E-state index in [2.05, 4.69) is 41.0 Å². The highest BCUT2D eigenvalue weighted by atomic mass is 32.2. The van der Waals surface area contributed by atoms with Gasteiger partial charge in [-0.1, -0.05) is 20.8 Å². The standard InChI is InChI=1S/C22H26FN5O3S/c1-22(2,3)18-11-31-21(26-18)13-5-4-12(8-13)16-9-19(28-27-16)25-15-6-7-17-14(20(15)23)10-24-32(17,29)30/h6-7,9,11-13,24H,4-5,8,10H2,1-3H3,(H2,25,27,28). The minimum Gasteiger partial charge on any atom is -0.448 e. The topological polar surface area (TPSA) is 113 Å². The fraction of sp³-hybridized carbons (Fsp3) is 0.455. The molecule has 3 N–H and O–H groups in total. The van der Waals surface area contributed by atoms with Crippen molar-refractivity contribution < 1.29 is 17.2 Å². The zero-order chi connectivity index (χ0) is 22.7. The number of sulfonamides is 1. The summed E-state index contributed by atoms with van der Waals surface area (Å²) in [7, 11) is -3.61. The van der Waals surface area contributed by atoms with Gasteiger partial charge in [0.15, 0.2) is 17.5 Å². The van der Waals surface area contributed by atoms with Gasteiger partial charge in [0.2, 0.25) is 10.0 Å². The van der Waals surface area contributed by atoms with Crippen LogP contribution < -0.4 is 10.0 Å². The smallest absolute Gasteiger partial charge is 0.241 e. The average Bonchev–Trinajstić information content (AvgIpc) is 3.49. The van der Waals surface area contributed by atoms with E-state index in [1.165, 1.54) is 12.1 Å². The van der Waals surface area contributed by atoms with Gasteiger partial charge in [-0.25, -0.2) is 22.5 Å². The highest BCUT2D eigenvalue weighted by molar-refractivity contribution is 7.89. The van der Waals surface area contributed by atoms with Crippen LogP contribution in [0, 0.1) is 5.82 Å². The van der Waals surface area contributed by atoms with Crippen LogP contribution in [0.5, 0.6) is 0 Å². The second-order valence-electron chi connectivity index (χ2n) is 9.59. The monoisotopic (exact) mass is 459 g/mol. The van der Waals surface area contributed by atoms with Crippen molar-refractivity contribution in [3.05, 3.63) is 53.1 Å². The molecule has 1 aliphatic carbocycles. The lowest BCUT2D eigenvalue weighted by Crippen LogP contribution is -2.13. The Bertz CT molecular complexity index is 1270. The number of nitrogens with zero attached hydrogens (tertiary/aromatic N) is 2. The van der Waals surface area contributed by atoms with Crippen molar-refractivity contribution in [2.75, 3.05) is 5.32 Å². The summed E-state index contributed by atoms with van der Waals surface area (Å²) in [6.07, 6.45) is 4.63. The molecule has 2 unspecified atom stereocenters. The lowest BCUT2D eigenvalue weighted by molar-refractivity contribution is 0.445. The van der Waals surface area contributed by atoms with Crippen LogP contribution >= 0.6 is 0 Å². The van der Waals surface area contributed by atoms with Gasteiger partial charge in [0, 0.05) is 41.1 Å². The molecule has 1 aliphatic heterocycles. The first-order chi connectivity index (χ1) is 15.1. The zero-order valence-corrected chi connectivity index (χ0v) is 19.0. The Morgan fingerprint density at radius 3 is 2.75 bits per heavy atom. The van der Waals surface area contributed by atoms with E-state index in [1.54, 1.807) is 6.26 Å². The van der Waals surface area contributed by atoms with Gasteiger partial charge >= 0.3 is 0 Å². The van der Waals surface area contributed by atoms with Gasteiger partial charge in [0.05, 0.1) is 16.3 Å². The third-order valence-corrected chi connectivity index (χ3v) is 7.79. The number of hydrogen-bond donors (Lipinski definition) is 3. The summed E-state index contributed by atoms with van der Waals surface area (Å²) >= 11 is 0. The molecule has 2 atom stereocenters. The maximum Gasteiger partial charge on any atom is 0.241 e. The number of H-pyrrole nitrogens is 1. The highest BCUT2D eigenvalue weighted by Crippen LogP contribution is 2.43. The molecule has 10 heteroatoms. The summed E-state index contributed by atoms with van der Waals surface area (Å²) in [6, 6.07) is 4.71. The SMILES string of the molecule is CC(C)(C)c1coc(C2CCC(c3cc(Nc4ccc5c(c4F)CNS5(=O)=O)n[nH]3)C2)n1. The maximum atomic E-state index is 14.8. The summed E-state index contributed by atoms with van der Waals surface area (Å²) in [4.78, 5) is 4.69. The minimum atomic E-state index is -3.61. The zero-order valence-electron chi connectivity index (χ0n) is 18.2.